The minimum atomic E-state index is -3.17. The van der Waals surface area contributed by atoms with E-state index in [0.717, 1.165) is 16.3 Å². The van der Waals surface area contributed by atoms with E-state index in [0.29, 0.717) is 11.4 Å². The second-order valence-corrected chi connectivity index (χ2v) is 7.61. The Morgan fingerprint density at radius 1 is 1.19 bits per heavy atom. The maximum atomic E-state index is 11.4. The van der Waals surface area contributed by atoms with Crippen LogP contribution in [0.15, 0.2) is 40.6 Å². The first-order chi connectivity index (χ1) is 9.86. The van der Waals surface area contributed by atoms with Crippen LogP contribution < -0.4 is 10.6 Å². The van der Waals surface area contributed by atoms with Crippen molar-refractivity contribution in [2.24, 2.45) is 0 Å². The number of benzene rings is 1. The average molecular weight is 324 g/mol. The zero-order valence-corrected chi connectivity index (χ0v) is 13.3. The van der Waals surface area contributed by atoms with Crippen LogP contribution in [0.5, 0.6) is 0 Å². The Morgan fingerprint density at radius 3 is 2.43 bits per heavy atom. The van der Waals surface area contributed by atoms with Crippen LogP contribution in [-0.4, -0.2) is 20.6 Å². The molecule has 5 nitrogen and oxygen atoms in total. The average Bonchev–Trinajstić information content (AvgIpc) is 2.82. The summed E-state index contributed by atoms with van der Waals surface area (Å²) in [6.45, 7) is 2.03. The van der Waals surface area contributed by atoms with Crippen molar-refractivity contribution in [2.75, 3.05) is 16.9 Å². The van der Waals surface area contributed by atoms with Gasteiger partial charge in [-0.1, -0.05) is 0 Å². The largest absolute Gasteiger partial charge is 0.380 e. The van der Waals surface area contributed by atoms with E-state index in [2.05, 4.69) is 10.6 Å². The number of thiophene rings is 1. The predicted octanol–water partition coefficient (Wildman–Crippen LogP) is 2.72. The number of hydrogen-bond acceptors (Lipinski definition) is 5. The molecule has 0 aliphatic heterocycles. The minimum Gasteiger partial charge on any atom is -0.380 e. The highest BCUT2D eigenvalue weighted by Crippen LogP contribution is 2.24. The second-order valence-electron chi connectivity index (χ2n) is 4.59. The van der Waals surface area contributed by atoms with Crippen LogP contribution in [0.3, 0.4) is 0 Å². The molecule has 7 heteroatoms. The molecular weight excluding hydrogens is 308 g/mol. The Labute approximate surface area is 127 Å². The van der Waals surface area contributed by atoms with Crippen molar-refractivity contribution in [3.8, 4) is 0 Å². The molecule has 112 valence electrons. The standard InChI is InChI=1S/C14H16N2O3S2/c1-10(17)16-13-7-8-20-14(13)9-15-11-3-5-12(6-4-11)21(2,18)19/h3-8,15H,9H2,1-2H3,(H,16,17). The van der Waals surface area contributed by atoms with Gasteiger partial charge in [-0.15, -0.1) is 11.3 Å². The molecule has 2 rings (SSSR count). The van der Waals surface area contributed by atoms with Gasteiger partial charge in [0, 0.05) is 23.7 Å². The van der Waals surface area contributed by atoms with Crippen LogP contribution in [0.4, 0.5) is 11.4 Å². The van der Waals surface area contributed by atoms with E-state index in [9.17, 15) is 13.2 Å². The van der Waals surface area contributed by atoms with Crippen molar-refractivity contribution < 1.29 is 13.2 Å². The number of carbonyl (C=O) groups excluding carboxylic acids is 1. The molecule has 0 aliphatic carbocycles. The zero-order valence-electron chi connectivity index (χ0n) is 11.7. The highest BCUT2D eigenvalue weighted by atomic mass is 32.2. The molecule has 0 saturated carbocycles. The molecule has 0 saturated heterocycles. The van der Waals surface area contributed by atoms with Gasteiger partial charge in [-0.3, -0.25) is 4.79 Å². The van der Waals surface area contributed by atoms with E-state index >= 15 is 0 Å². The minimum absolute atomic E-state index is 0.104. The smallest absolute Gasteiger partial charge is 0.221 e. The molecule has 2 aromatic rings. The summed E-state index contributed by atoms with van der Waals surface area (Å²) < 4.78 is 22.8. The number of sulfone groups is 1. The van der Waals surface area contributed by atoms with Crippen LogP contribution in [0.2, 0.25) is 0 Å². The Morgan fingerprint density at radius 2 is 1.86 bits per heavy atom. The molecule has 0 fully saturated rings. The summed E-state index contributed by atoms with van der Waals surface area (Å²) >= 11 is 1.55. The van der Waals surface area contributed by atoms with Crippen LogP contribution in [-0.2, 0) is 21.2 Å². The molecule has 21 heavy (non-hydrogen) atoms. The number of nitrogens with one attached hydrogen (secondary N) is 2. The van der Waals surface area contributed by atoms with Crippen molar-refractivity contribution in [1.82, 2.24) is 0 Å². The SMILES string of the molecule is CC(=O)Nc1ccsc1CNc1ccc(S(C)(=O)=O)cc1. The zero-order chi connectivity index (χ0) is 15.5. The van der Waals surface area contributed by atoms with Crippen molar-refractivity contribution >= 4 is 38.5 Å². The van der Waals surface area contributed by atoms with Gasteiger partial charge in [0.2, 0.25) is 5.91 Å². The fourth-order valence-corrected chi connectivity index (χ4v) is 3.18. The molecule has 0 unspecified atom stereocenters. The van der Waals surface area contributed by atoms with Crippen molar-refractivity contribution in [3.05, 3.63) is 40.6 Å². The summed E-state index contributed by atoms with van der Waals surface area (Å²) in [5, 5.41) is 7.89. The van der Waals surface area contributed by atoms with Crippen LogP contribution in [0.25, 0.3) is 0 Å². The third-order valence-electron chi connectivity index (χ3n) is 2.79. The maximum absolute atomic E-state index is 11.4. The summed E-state index contributed by atoms with van der Waals surface area (Å²) in [5.74, 6) is -0.104. The Hall–Kier alpha value is -1.86. The normalized spacial score (nSPS) is 11.1. The van der Waals surface area contributed by atoms with Crippen LogP contribution in [0.1, 0.15) is 11.8 Å². The van der Waals surface area contributed by atoms with Gasteiger partial charge in [-0.05, 0) is 35.7 Å². The first-order valence-corrected chi connectivity index (χ1v) is 9.01. The van der Waals surface area contributed by atoms with E-state index < -0.39 is 9.84 Å². The van der Waals surface area contributed by atoms with Crippen molar-refractivity contribution in [1.29, 1.82) is 0 Å². The molecule has 0 atom stereocenters. The van der Waals surface area contributed by atoms with Gasteiger partial charge in [0.1, 0.15) is 0 Å². The summed E-state index contributed by atoms with van der Waals surface area (Å²) in [6, 6.07) is 8.45. The fourth-order valence-electron chi connectivity index (χ4n) is 1.78. The third-order valence-corrected chi connectivity index (χ3v) is 4.84. The molecule has 2 N–H and O–H groups in total. The van der Waals surface area contributed by atoms with E-state index in [-0.39, 0.29) is 5.91 Å². The molecule has 1 aromatic heterocycles. The number of amides is 1. The Kier molecular flexibility index (Phi) is 4.64. The lowest BCUT2D eigenvalue weighted by atomic mass is 10.3. The molecule has 0 bridgehead atoms. The predicted molar refractivity (Wildman–Crippen MR) is 85.5 cm³/mol. The first kappa shape index (κ1) is 15.5. The van der Waals surface area contributed by atoms with E-state index in [4.69, 9.17) is 0 Å². The molecule has 0 spiro atoms. The number of rotatable bonds is 5. The molecule has 1 heterocycles. The van der Waals surface area contributed by atoms with Gasteiger partial charge in [-0.2, -0.15) is 0 Å². The Balaban J connectivity index is 2.04. The topological polar surface area (TPSA) is 75.3 Å². The molecule has 1 amide bonds. The van der Waals surface area contributed by atoms with Gasteiger partial charge < -0.3 is 10.6 Å². The monoisotopic (exact) mass is 324 g/mol. The van der Waals surface area contributed by atoms with Crippen LogP contribution in [0, 0.1) is 0 Å². The van der Waals surface area contributed by atoms with E-state index in [1.165, 1.54) is 13.2 Å². The Bertz CT molecular complexity index is 734. The summed E-state index contributed by atoms with van der Waals surface area (Å²) in [6.07, 6.45) is 1.18. The van der Waals surface area contributed by atoms with Gasteiger partial charge in [0.15, 0.2) is 9.84 Å². The highest BCUT2D eigenvalue weighted by Gasteiger charge is 2.07. The number of hydrogen-bond donors (Lipinski definition) is 2. The molecule has 1 aromatic carbocycles. The van der Waals surface area contributed by atoms with Gasteiger partial charge in [0.05, 0.1) is 17.1 Å². The highest BCUT2D eigenvalue weighted by molar-refractivity contribution is 7.90. The quantitative estimate of drug-likeness (QED) is 0.887. The molecule has 0 aliphatic rings. The number of anilines is 2. The molecule has 0 radical (unpaired) electrons. The van der Waals surface area contributed by atoms with Gasteiger partial charge in [-0.25, -0.2) is 8.42 Å². The summed E-state index contributed by atoms with van der Waals surface area (Å²) in [4.78, 5) is 12.4. The third kappa shape index (κ3) is 4.30. The van der Waals surface area contributed by atoms with Gasteiger partial charge in [0.25, 0.3) is 0 Å². The summed E-state index contributed by atoms with van der Waals surface area (Å²) in [7, 11) is -3.17. The first-order valence-electron chi connectivity index (χ1n) is 6.24. The van der Waals surface area contributed by atoms with Gasteiger partial charge >= 0.3 is 0 Å². The van der Waals surface area contributed by atoms with Crippen molar-refractivity contribution in [3.63, 3.8) is 0 Å². The van der Waals surface area contributed by atoms with Crippen LogP contribution >= 0.6 is 11.3 Å². The lowest BCUT2D eigenvalue weighted by molar-refractivity contribution is -0.114. The second kappa shape index (κ2) is 6.28. The van der Waals surface area contributed by atoms with Crippen molar-refractivity contribution in [2.45, 2.75) is 18.4 Å². The number of carbonyl (C=O) groups is 1. The fraction of sp³-hybridized carbons (Fsp3) is 0.214. The summed E-state index contributed by atoms with van der Waals surface area (Å²) in [5.41, 5.74) is 1.62. The van der Waals surface area contributed by atoms with E-state index in [1.54, 1.807) is 35.6 Å². The van der Waals surface area contributed by atoms with E-state index in [1.807, 2.05) is 11.4 Å². The lowest BCUT2D eigenvalue weighted by Gasteiger charge is -2.08. The molecular formula is C14H16N2O3S2. The lowest BCUT2D eigenvalue weighted by Crippen LogP contribution is -2.08. The maximum Gasteiger partial charge on any atom is 0.221 e.